The highest BCUT2D eigenvalue weighted by atomic mass is 32.2. The van der Waals surface area contributed by atoms with E-state index in [9.17, 15) is 27.5 Å². The second-order valence-corrected chi connectivity index (χ2v) is 13.4. The lowest BCUT2D eigenvalue weighted by atomic mass is 9.92. The minimum Gasteiger partial charge on any atom is -0.480 e. The predicted octanol–water partition coefficient (Wildman–Crippen LogP) is 5.88. The molecule has 0 unspecified atom stereocenters. The first kappa shape index (κ1) is 31.1. The highest BCUT2D eigenvalue weighted by molar-refractivity contribution is 7.89. The summed E-state index contributed by atoms with van der Waals surface area (Å²) in [5, 5.41) is 9.42. The van der Waals surface area contributed by atoms with E-state index in [2.05, 4.69) is 11.9 Å². The van der Waals surface area contributed by atoms with E-state index in [0.29, 0.717) is 0 Å². The number of hydrogen-bond acceptors (Lipinski definition) is 6. The number of sulfonamides is 1. The molecule has 9 nitrogen and oxygen atoms in total. The van der Waals surface area contributed by atoms with Crippen LogP contribution in [0.5, 0.6) is 0 Å². The van der Waals surface area contributed by atoms with Crippen LogP contribution in [-0.2, 0) is 38.1 Å². The molecule has 3 aromatic rings. The SMILES string of the molecule is CCC1(c2ccc(CN(Cc3cccc(N(CC(=O)O)C(=O)OC(C)(C)C)n3)S(=O)(=O)c3ccc(F)cc3)cc2)CC1. The van der Waals surface area contributed by atoms with Crippen molar-refractivity contribution in [3.8, 4) is 0 Å². The number of carboxylic acids is 1. The van der Waals surface area contributed by atoms with E-state index in [-0.39, 0.29) is 34.9 Å². The van der Waals surface area contributed by atoms with Gasteiger partial charge in [0.1, 0.15) is 23.8 Å². The van der Waals surface area contributed by atoms with Crippen molar-refractivity contribution in [2.75, 3.05) is 11.4 Å². The summed E-state index contributed by atoms with van der Waals surface area (Å²) in [6, 6.07) is 17.1. The van der Waals surface area contributed by atoms with Crippen LogP contribution in [0.3, 0.4) is 0 Å². The van der Waals surface area contributed by atoms with Crippen LogP contribution in [-0.4, -0.2) is 47.0 Å². The Morgan fingerprint density at radius 3 is 2.19 bits per heavy atom. The number of halogens is 1. The number of hydrogen-bond donors (Lipinski definition) is 1. The average Bonchev–Trinajstić information content (AvgIpc) is 3.72. The zero-order valence-electron chi connectivity index (χ0n) is 24.2. The van der Waals surface area contributed by atoms with E-state index in [1.165, 1.54) is 28.1 Å². The number of benzene rings is 2. The fourth-order valence-electron chi connectivity index (χ4n) is 4.72. The van der Waals surface area contributed by atoms with Gasteiger partial charge < -0.3 is 9.84 Å². The molecule has 0 bridgehead atoms. The summed E-state index contributed by atoms with van der Waals surface area (Å²) in [5.74, 6) is -1.83. The van der Waals surface area contributed by atoms with Crippen molar-refractivity contribution in [1.29, 1.82) is 0 Å². The smallest absolute Gasteiger partial charge is 0.416 e. The van der Waals surface area contributed by atoms with E-state index in [0.717, 1.165) is 41.9 Å². The largest absolute Gasteiger partial charge is 0.480 e. The van der Waals surface area contributed by atoms with Crippen molar-refractivity contribution in [2.24, 2.45) is 0 Å². The van der Waals surface area contributed by atoms with Crippen LogP contribution < -0.4 is 4.90 Å². The van der Waals surface area contributed by atoms with Gasteiger partial charge in [-0.1, -0.05) is 37.3 Å². The molecule has 1 heterocycles. The number of carbonyl (C=O) groups excluding carboxylic acids is 1. The summed E-state index contributed by atoms with van der Waals surface area (Å²) in [6.07, 6.45) is 2.42. The number of anilines is 1. The summed E-state index contributed by atoms with van der Waals surface area (Å²) < 4.78 is 47.8. The molecule has 1 fully saturated rings. The number of rotatable bonds is 11. The maximum atomic E-state index is 13.8. The molecule has 0 radical (unpaired) electrons. The van der Waals surface area contributed by atoms with Crippen molar-refractivity contribution >= 4 is 27.9 Å². The van der Waals surface area contributed by atoms with Gasteiger partial charge in [-0.05, 0) is 93.0 Å². The summed E-state index contributed by atoms with van der Waals surface area (Å²) in [4.78, 5) is 29.6. The van der Waals surface area contributed by atoms with Gasteiger partial charge in [0.05, 0.1) is 17.1 Å². The molecular weight excluding hydrogens is 561 g/mol. The quantitative estimate of drug-likeness (QED) is 0.293. The zero-order valence-corrected chi connectivity index (χ0v) is 25.0. The molecule has 1 amide bonds. The van der Waals surface area contributed by atoms with Gasteiger partial charge in [-0.3, -0.25) is 9.69 Å². The van der Waals surface area contributed by atoms with Crippen LogP contribution in [0, 0.1) is 5.82 Å². The molecule has 4 rings (SSSR count). The first-order chi connectivity index (χ1) is 19.7. The predicted molar refractivity (Wildman–Crippen MR) is 156 cm³/mol. The molecule has 0 aliphatic heterocycles. The Morgan fingerprint density at radius 1 is 1.00 bits per heavy atom. The molecule has 1 aromatic heterocycles. The fraction of sp³-hybridized carbons (Fsp3) is 0.387. The topological polar surface area (TPSA) is 117 Å². The Morgan fingerprint density at radius 2 is 1.64 bits per heavy atom. The fourth-order valence-corrected chi connectivity index (χ4v) is 6.12. The van der Waals surface area contributed by atoms with Gasteiger partial charge in [0.25, 0.3) is 0 Å². The molecule has 1 saturated carbocycles. The second kappa shape index (κ2) is 12.2. The Kier molecular flexibility index (Phi) is 9.03. The molecule has 1 N–H and O–H groups in total. The number of aromatic nitrogens is 1. The van der Waals surface area contributed by atoms with Crippen molar-refractivity contribution in [3.05, 3.63) is 89.4 Å². The molecular formula is C31H36FN3O6S. The Balaban J connectivity index is 1.67. The normalized spacial score (nSPS) is 14.4. The van der Waals surface area contributed by atoms with Crippen LogP contribution in [0.15, 0.2) is 71.6 Å². The molecule has 0 atom stereocenters. The first-order valence-corrected chi connectivity index (χ1v) is 15.2. The van der Waals surface area contributed by atoms with Crippen molar-refractivity contribution in [3.63, 3.8) is 0 Å². The highest BCUT2D eigenvalue weighted by Crippen LogP contribution is 2.50. The van der Waals surface area contributed by atoms with Gasteiger partial charge in [0.2, 0.25) is 10.0 Å². The second-order valence-electron chi connectivity index (χ2n) is 11.5. The number of pyridine rings is 1. The standard InChI is InChI=1S/C31H36FN3O6S/c1-5-31(17-18-31)23-11-9-22(10-12-23)19-34(42(39,40)26-15-13-24(32)14-16-26)20-25-7-6-8-27(33-25)35(21-28(36)37)29(38)41-30(2,3)4/h6-16H,5,17-21H2,1-4H3,(H,36,37). The highest BCUT2D eigenvalue weighted by Gasteiger charge is 2.42. The van der Waals surface area contributed by atoms with Crippen LogP contribution in [0.4, 0.5) is 15.0 Å². The number of amides is 1. The lowest BCUT2D eigenvalue weighted by molar-refractivity contribution is -0.135. The summed E-state index contributed by atoms with van der Waals surface area (Å²) in [7, 11) is -4.11. The van der Waals surface area contributed by atoms with Crippen LogP contribution in [0.25, 0.3) is 0 Å². The maximum absolute atomic E-state index is 13.8. The molecule has 0 spiro atoms. The van der Waals surface area contributed by atoms with Gasteiger partial charge >= 0.3 is 12.1 Å². The Hall–Kier alpha value is -3.83. The molecule has 2 aromatic carbocycles. The molecule has 42 heavy (non-hydrogen) atoms. The molecule has 1 aliphatic carbocycles. The van der Waals surface area contributed by atoms with Crippen LogP contribution in [0.2, 0.25) is 0 Å². The third-order valence-electron chi connectivity index (χ3n) is 7.22. The summed E-state index contributed by atoms with van der Waals surface area (Å²) in [6.45, 7) is 6.26. The van der Waals surface area contributed by atoms with Gasteiger partial charge in [-0.15, -0.1) is 0 Å². The van der Waals surface area contributed by atoms with Crippen LogP contribution >= 0.6 is 0 Å². The van der Waals surface area contributed by atoms with E-state index < -0.39 is 40.0 Å². The monoisotopic (exact) mass is 597 g/mol. The van der Waals surface area contributed by atoms with Crippen molar-refractivity contribution < 1.29 is 32.2 Å². The summed E-state index contributed by atoms with van der Waals surface area (Å²) >= 11 is 0. The first-order valence-electron chi connectivity index (χ1n) is 13.8. The molecule has 0 saturated heterocycles. The third-order valence-corrected chi connectivity index (χ3v) is 9.03. The number of carboxylic acid groups (broad SMARTS) is 1. The maximum Gasteiger partial charge on any atom is 0.416 e. The lowest BCUT2D eigenvalue weighted by Gasteiger charge is -2.26. The summed E-state index contributed by atoms with van der Waals surface area (Å²) in [5.41, 5.74) is 1.60. The van der Waals surface area contributed by atoms with Gasteiger partial charge in [-0.25, -0.2) is 22.6 Å². The van der Waals surface area contributed by atoms with Gasteiger partial charge in [0, 0.05) is 6.54 Å². The third kappa shape index (κ3) is 7.51. The molecule has 224 valence electrons. The van der Waals surface area contributed by atoms with E-state index in [1.807, 2.05) is 24.3 Å². The van der Waals surface area contributed by atoms with Crippen molar-refractivity contribution in [2.45, 2.75) is 76.0 Å². The zero-order chi connectivity index (χ0) is 30.7. The Labute approximate surface area is 246 Å². The Bertz CT molecular complexity index is 1530. The van der Waals surface area contributed by atoms with E-state index in [1.54, 1.807) is 32.9 Å². The minimum absolute atomic E-state index is 0.00179. The number of ether oxygens (including phenoxy) is 1. The number of nitrogens with zero attached hydrogens (tertiary/aromatic N) is 3. The lowest BCUT2D eigenvalue weighted by Crippen LogP contribution is -2.40. The van der Waals surface area contributed by atoms with Gasteiger partial charge in [0.15, 0.2) is 0 Å². The molecule has 1 aliphatic rings. The van der Waals surface area contributed by atoms with Crippen molar-refractivity contribution in [1.82, 2.24) is 9.29 Å². The number of aliphatic carboxylic acids is 1. The minimum atomic E-state index is -4.11. The van der Waals surface area contributed by atoms with Gasteiger partial charge in [-0.2, -0.15) is 4.31 Å². The molecule has 11 heteroatoms. The number of carbonyl (C=O) groups is 2. The average molecular weight is 598 g/mol. The van der Waals surface area contributed by atoms with E-state index >= 15 is 0 Å². The van der Waals surface area contributed by atoms with E-state index in [4.69, 9.17) is 4.74 Å². The van der Waals surface area contributed by atoms with Crippen LogP contribution in [0.1, 0.15) is 63.8 Å².